The van der Waals surface area contributed by atoms with Crippen LogP contribution in [0.2, 0.25) is 0 Å². The summed E-state index contributed by atoms with van der Waals surface area (Å²) >= 11 is 0. The van der Waals surface area contributed by atoms with Crippen LogP contribution in [0.5, 0.6) is 0 Å². The molecule has 0 saturated carbocycles. The molecular formula is C11H10FNO2. The number of hydrogen-bond acceptors (Lipinski definition) is 3. The molecule has 15 heavy (non-hydrogen) atoms. The van der Waals surface area contributed by atoms with Crippen LogP contribution in [-0.2, 0) is 9.53 Å². The van der Waals surface area contributed by atoms with E-state index in [-0.39, 0.29) is 12.2 Å². The van der Waals surface area contributed by atoms with E-state index >= 15 is 0 Å². The Balaban J connectivity index is 2.80. The fourth-order valence-corrected chi connectivity index (χ4v) is 1.18. The number of ether oxygens (including phenoxy) is 1. The number of nitrogens with zero attached hydrogens (tertiary/aromatic N) is 1. The number of halogens is 1. The van der Waals surface area contributed by atoms with Crippen LogP contribution in [0.3, 0.4) is 0 Å². The normalized spacial score (nSPS) is 11.5. The quantitative estimate of drug-likeness (QED) is 0.712. The van der Waals surface area contributed by atoms with Crippen LogP contribution in [0.1, 0.15) is 17.9 Å². The lowest BCUT2D eigenvalue weighted by Gasteiger charge is -2.07. The second-order valence-electron chi connectivity index (χ2n) is 3.01. The molecule has 0 radical (unpaired) electrons. The van der Waals surface area contributed by atoms with Gasteiger partial charge in [0.25, 0.3) is 0 Å². The predicted octanol–water partition coefficient (Wildman–Crippen LogP) is 2.00. The van der Waals surface area contributed by atoms with Crippen molar-refractivity contribution in [2.45, 2.75) is 12.3 Å². The summed E-state index contributed by atoms with van der Waals surface area (Å²) in [6.45, 7) is 0. The lowest BCUT2D eigenvalue weighted by Crippen LogP contribution is -2.07. The third-order valence-corrected chi connectivity index (χ3v) is 2.03. The first kappa shape index (κ1) is 11.2. The van der Waals surface area contributed by atoms with E-state index in [4.69, 9.17) is 5.26 Å². The van der Waals surface area contributed by atoms with E-state index in [2.05, 4.69) is 4.74 Å². The highest BCUT2D eigenvalue weighted by Gasteiger charge is 2.15. The van der Waals surface area contributed by atoms with E-state index in [9.17, 15) is 9.18 Å². The molecule has 0 saturated heterocycles. The van der Waals surface area contributed by atoms with Gasteiger partial charge in [-0.05, 0) is 17.7 Å². The zero-order valence-electron chi connectivity index (χ0n) is 8.24. The molecule has 0 N–H and O–H groups in total. The molecule has 0 aliphatic heterocycles. The zero-order valence-corrected chi connectivity index (χ0v) is 8.24. The summed E-state index contributed by atoms with van der Waals surface area (Å²) in [5.74, 6) is -1.41. The van der Waals surface area contributed by atoms with Gasteiger partial charge in [0.2, 0.25) is 0 Å². The average molecular weight is 207 g/mol. The maximum absolute atomic E-state index is 12.6. The molecule has 0 unspecified atom stereocenters. The summed E-state index contributed by atoms with van der Waals surface area (Å²) in [4.78, 5) is 11.0. The average Bonchev–Trinajstić information content (AvgIpc) is 2.27. The minimum Gasteiger partial charge on any atom is -0.469 e. The van der Waals surface area contributed by atoms with Crippen molar-refractivity contribution in [2.75, 3.05) is 7.11 Å². The third kappa shape index (κ3) is 3.06. The Morgan fingerprint density at radius 2 is 2.13 bits per heavy atom. The summed E-state index contributed by atoms with van der Waals surface area (Å²) in [5.41, 5.74) is 0.615. The van der Waals surface area contributed by atoms with Gasteiger partial charge in [0.05, 0.1) is 25.5 Å². The number of carbonyl (C=O) groups excluding carboxylic acids is 1. The molecule has 0 fully saturated rings. The molecule has 0 spiro atoms. The van der Waals surface area contributed by atoms with Gasteiger partial charge in [-0.2, -0.15) is 5.26 Å². The molecule has 1 atom stereocenters. The molecule has 0 amide bonds. The molecule has 1 aromatic carbocycles. The summed E-state index contributed by atoms with van der Waals surface area (Å²) in [6.07, 6.45) is -0.0152. The van der Waals surface area contributed by atoms with Crippen molar-refractivity contribution in [1.82, 2.24) is 0 Å². The molecule has 78 valence electrons. The van der Waals surface area contributed by atoms with Crippen LogP contribution in [0, 0.1) is 17.1 Å². The van der Waals surface area contributed by atoms with Gasteiger partial charge < -0.3 is 4.74 Å². The van der Waals surface area contributed by atoms with Gasteiger partial charge in [-0.15, -0.1) is 0 Å². The van der Waals surface area contributed by atoms with E-state index < -0.39 is 11.9 Å². The number of nitriles is 1. The predicted molar refractivity (Wildman–Crippen MR) is 51.4 cm³/mol. The van der Waals surface area contributed by atoms with Crippen molar-refractivity contribution >= 4 is 5.97 Å². The summed E-state index contributed by atoms with van der Waals surface area (Å²) in [5, 5.41) is 8.84. The fraction of sp³-hybridized carbons (Fsp3) is 0.273. The third-order valence-electron chi connectivity index (χ3n) is 2.03. The fourth-order valence-electron chi connectivity index (χ4n) is 1.18. The van der Waals surface area contributed by atoms with Crippen molar-refractivity contribution in [2.24, 2.45) is 0 Å². The minimum absolute atomic E-state index is 0.0152. The maximum atomic E-state index is 12.6. The number of hydrogen-bond donors (Lipinski definition) is 0. The van der Waals surface area contributed by atoms with Crippen LogP contribution in [0.15, 0.2) is 24.3 Å². The van der Waals surface area contributed by atoms with E-state index in [1.165, 1.54) is 31.4 Å². The largest absolute Gasteiger partial charge is 0.469 e. The van der Waals surface area contributed by atoms with Gasteiger partial charge in [0.1, 0.15) is 5.82 Å². The molecule has 3 nitrogen and oxygen atoms in total. The molecule has 4 heteroatoms. The van der Waals surface area contributed by atoms with E-state index in [1.54, 1.807) is 0 Å². The molecular weight excluding hydrogens is 197 g/mol. The number of esters is 1. The van der Waals surface area contributed by atoms with Gasteiger partial charge in [-0.1, -0.05) is 12.1 Å². The van der Waals surface area contributed by atoms with E-state index in [0.717, 1.165) is 0 Å². The summed E-state index contributed by atoms with van der Waals surface area (Å²) in [6, 6.07) is 7.49. The Morgan fingerprint density at radius 3 is 2.60 bits per heavy atom. The van der Waals surface area contributed by atoms with Crippen LogP contribution in [-0.4, -0.2) is 13.1 Å². The standard InChI is InChI=1S/C11H10FNO2/c1-15-11(14)6-9(7-13)8-2-4-10(12)5-3-8/h2-5,9H,6H2,1H3/t9-/m0/s1. The van der Waals surface area contributed by atoms with Gasteiger partial charge in [0.15, 0.2) is 0 Å². The van der Waals surface area contributed by atoms with Crippen LogP contribution >= 0.6 is 0 Å². The van der Waals surface area contributed by atoms with Crippen molar-refractivity contribution in [3.8, 4) is 6.07 Å². The summed E-state index contributed by atoms with van der Waals surface area (Å²) < 4.78 is 17.1. The highest BCUT2D eigenvalue weighted by molar-refractivity contribution is 5.71. The van der Waals surface area contributed by atoms with Crippen molar-refractivity contribution in [3.05, 3.63) is 35.6 Å². The second kappa shape index (κ2) is 5.11. The van der Waals surface area contributed by atoms with E-state index in [0.29, 0.717) is 5.56 Å². The molecule has 0 heterocycles. The second-order valence-corrected chi connectivity index (χ2v) is 3.01. The molecule has 0 aliphatic rings. The van der Waals surface area contributed by atoms with Gasteiger partial charge in [-0.25, -0.2) is 4.39 Å². The van der Waals surface area contributed by atoms with Gasteiger partial charge in [-0.3, -0.25) is 4.79 Å². The van der Waals surface area contributed by atoms with Gasteiger partial charge in [0, 0.05) is 0 Å². The topological polar surface area (TPSA) is 50.1 Å². The first-order valence-electron chi connectivity index (χ1n) is 4.39. The molecule has 1 aromatic rings. The number of rotatable bonds is 3. The number of benzene rings is 1. The van der Waals surface area contributed by atoms with Crippen LogP contribution < -0.4 is 0 Å². The Bertz CT molecular complexity index is 381. The monoisotopic (exact) mass is 207 g/mol. The highest BCUT2D eigenvalue weighted by Crippen LogP contribution is 2.19. The van der Waals surface area contributed by atoms with Crippen LogP contribution in [0.4, 0.5) is 4.39 Å². The number of methoxy groups -OCH3 is 1. The highest BCUT2D eigenvalue weighted by atomic mass is 19.1. The molecule has 1 rings (SSSR count). The van der Waals surface area contributed by atoms with Gasteiger partial charge >= 0.3 is 5.97 Å². The van der Waals surface area contributed by atoms with Crippen molar-refractivity contribution < 1.29 is 13.9 Å². The Hall–Kier alpha value is -1.89. The maximum Gasteiger partial charge on any atom is 0.307 e. The van der Waals surface area contributed by atoms with Crippen LogP contribution in [0.25, 0.3) is 0 Å². The van der Waals surface area contributed by atoms with Crippen molar-refractivity contribution in [1.29, 1.82) is 5.26 Å². The number of carbonyl (C=O) groups is 1. The molecule has 0 aliphatic carbocycles. The minimum atomic E-state index is -0.585. The SMILES string of the molecule is COC(=O)C[C@@H](C#N)c1ccc(F)cc1. The lowest BCUT2D eigenvalue weighted by molar-refractivity contribution is -0.140. The first-order valence-corrected chi connectivity index (χ1v) is 4.39. The summed E-state index contributed by atoms with van der Waals surface area (Å²) in [7, 11) is 1.27. The Kier molecular flexibility index (Phi) is 3.81. The van der Waals surface area contributed by atoms with E-state index in [1.807, 2.05) is 6.07 Å². The molecule has 0 aromatic heterocycles. The first-order chi connectivity index (χ1) is 7.17. The Morgan fingerprint density at radius 1 is 1.53 bits per heavy atom. The molecule has 0 bridgehead atoms. The smallest absolute Gasteiger partial charge is 0.307 e. The Labute approximate surface area is 87.1 Å². The lowest BCUT2D eigenvalue weighted by atomic mass is 9.97. The van der Waals surface area contributed by atoms with Crippen molar-refractivity contribution in [3.63, 3.8) is 0 Å². The zero-order chi connectivity index (χ0) is 11.3.